The fraction of sp³-hybridized carbons (Fsp3) is 0.556. The van der Waals surface area contributed by atoms with Crippen molar-refractivity contribution < 1.29 is 4.79 Å². The Hall–Kier alpha value is -1.84. The van der Waals surface area contributed by atoms with Crippen molar-refractivity contribution in [2.45, 2.75) is 59.4 Å². The average molecular weight is 301 g/mol. The minimum absolute atomic E-state index is 0.0930. The Kier molecular flexibility index (Phi) is 5.58. The van der Waals surface area contributed by atoms with Crippen LogP contribution in [-0.2, 0) is 11.2 Å². The highest BCUT2D eigenvalue weighted by Gasteiger charge is 2.11. The molecule has 0 aliphatic heterocycles. The van der Waals surface area contributed by atoms with Crippen LogP contribution in [0.1, 0.15) is 57.5 Å². The van der Waals surface area contributed by atoms with Gasteiger partial charge in [-0.2, -0.15) is 0 Å². The molecule has 120 valence electrons. The molecule has 2 rings (SSSR count). The molecule has 0 fully saturated rings. The molecule has 2 aromatic rings. The predicted octanol–water partition coefficient (Wildman–Crippen LogP) is 3.77. The van der Waals surface area contributed by atoms with E-state index in [4.69, 9.17) is 0 Å². The van der Waals surface area contributed by atoms with Gasteiger partial charge >= 0.3 is 0 Å². The number of benzene rings is 1. The summed E-state index contributed by atoms with van der Waals surface area (Å²) in [5, 5.41) is 2.98. The largest absolute Gasteiger partial charge is 0.356 e. The average Bonchev–Trinajstić information content (AvgIpc) is 2.78. The number of nitrogens with one attached hydrogen (secondary N) is 1. The van der Waals surface area contributed by atoms with Gasteiger partial charge in [0.1, 0.15) is 5.82 Å². The van der Waals surface area contributed by atoms with Crippen molar-refractivity contribution in [3.8, 4) is 0 Å². The van der Waals surface area contributed by atoms with Crippen LogP contribution in [0, 0.1) is 6.92 Å². The van der Waals surface area contributed by atoms with E-state index in [1.807, 2.05) is 19.1 Å². The summed E-state index contributed by atoms with van der Waals surface area (Å²) in [5.41, 5.74) is 3.14. The van der Waals surface area contributed by atoms with E-state index in [1.54, 1.807) is 0 Å². The number of carbonyl (C=O) groups excluding carboxylic acids is 1. The molecule has 4 nitrogen and oxygen atoms in total. The molecule has 0 saturated carbocycles. The van der Waals surface area contributed by atoms with Gasteiger partial charge in [0, 0.05) is 12.6 Å². The second kappa shape index (κ2) is 7.43. The first kappa shape index (κ1) is 16.5. The molecule has 1 aromatic carbocycles. The standard InChI is InChI=1S/C18H27N3O/c1-5-6-7-10-19-18(22)12-15-8-9-17-16(11-15)20-14(4)21(17)13(2)3/h8-9,11,13H,5-7,10,12H2,1-4H3,(H,19,22). The summed E-state index contributed by atoms with van der Waals surface area (Å²) in [6, 6.07) is 6.54. The fourth-order valence-corrected chi connectivity index (χ4v) is 2.88. The van der Waals surface area contributed by atoms with Gasteiger partial charge in [-0.15, -0.1) is 0 Å². The predicted molar refractivity (Wildman–Crippen MR) is 91.1 cm³/mol. The number of aromatic nitrogens is 2. The van der Waals surface area contributed by atoms with E-state index >= 15 is 0 Å². The molecule has 0 bridgehead atoms. The van der Waals surface area contributed by atoms with E-state index < -0.39 is 0 Å². The van der Waals surface area contributed by atoms with Gasteiger partial charge in [-0.3, -0.25) is 4.79 Å². The second-order valence-electron chi connectivity index (χ2n) is 6.18. The summed E-state index contributed by atoms with van der Waals surface area (Å²) in [6.45, 7) is 9.28. The van der Waals surface area contributed by atoms with E-state index in [9.17, 15) is 4.79 Å². The summed E-state index contributed by atoms with van der Waals surface area (Å²) in [7, 11) is 0. The second-order valence-corrected chi connectivity index (χ2v) is 6.18. The van der Waals surface area contributed by atoms with Crippen LogP contribution in [0.5, 0.6) is 0 Å². The lowest BCUT2D eigenvalue weighted by Crippen LogP contribution is -2.26. The number of carbonyl (C=O) groups is 1. The van der Waals surface area contributed by atoms with Crippen molar-refractivity contribution in [1.82, 2.24) is 14.9 Å². The fourth-order valence-electron chi connectivity index (χ4n) is 2.88. The van der Waals surface area contributed by atoms with E-state index in [-0.39, 0.29) is 5.91 Å². The Morgan fingerprint density at radius 3 is 2.77 bits per heavy atom. The van der Waals surface area contributed by atoms with E-state index in [0.29, 0.717) is 12.5 Å². The van der Waals surface area contributed by atoms with Gasteiger partial charge in [-0.25, -0.2) is 4.98 Å². The number of hydrogen-bond donors (Lipinski definition) is 1. The van der Waals surface area contributed by atoms with E-state index in [2.05, 4.69) is 41.7 Å². The lowest BCUT2D eigenvalue weighted by atomic mass is 10.1. The third-order valence-corrected chi connectivity index (χ3v) is 3.91. The molecule has 0 spiro atoms. The minimum Gasteiger partial charge on any atom is -0.356 e. The zero-order valence-electron chi connectivity index (χ0n) is 14.1. The molecule has 22 heavy (non-hydrogen) atoms. The van der Waals surface area contributed by atoms with Crippen molar-refractivity contribution in [2.24, 2.45) is 0 Å². The molecule has 0 radical (unpaired) electrons. The molecule has 0 atom stereocenters. The van der Waals surface area contributed by atoms with Gasteiger partial charge in [0.15, 0.2) is 0 Å². The molecule has 1 N–H and O–H groups in total. The number of nitrogens with zero attached hydrogens (tertiary/aromatic N) is 2. The van der Waals surface area contributed by atoms with Gasteiger partial charge in [-0.05, 0) is 44.9 Å². The van der Waals surface area contributed by atoms with Gasteiger partial charge in [0.25, 0.3) is 0 Å². The number of hydrogen-bond acceptors (Lipinski definition) is 2. The number of imidazole rings is 1. The molecule has 0 aliphatic rings. The topological polar surface area (TPSA) is 46.9 Å². The molecule has 0 saturated heterocycles. The zero-order chi connectivity index (χ0) is 16.1. The number of fused-ring (bicyclic) bond motifs is 1. The molecule has 4 heteroatoms. The summed E-state index contributed by atoms with van der Waals surface area (Å²) >= 11 is 0. The Balaban J connectivity index is 2.05. The van der Waals surface area contributed by atoms with Crippen molar-refractivity contribution in [3.63, 3.8) is 0 Å². The van der Waals surface area contributed by atoms with Gasteiger partial charge in [0.05, 0.1) is 17.5 Å². The van der Waals surface area contributed by atoms with Crippen LogP contribution in [0.4, 0.5) is 0 Å². The Morgan fingerprint density at radius 1 is 1.32 bits per heavy atom. The van der Waals surface area contributed by atoms with E-state index in [1.165, 1.54) is 6.42 Å². The van der Waals surface area contributed by atoms with Crippen LogP contribution < -0.4 is 5.32 Å². The lowest BCUT2D eigenvalue weighted by molar-refractivity contribution is -0.120. The maximum absolute atomic E-state index is 12.0. The summed E-state index contributed by atoms with van der Waals surface area (Å²) in [4.78, 5) is 16.6. The molecule has 1 amide bonds. The summed E-state index contributed by atoms with van der Waals surface area (Å²) in [5.74, 6) is 1.11. The number of unbranched alkanes of at least 4 members (excludes halogenated alkanes) is 2. The highest BCUT2D eigenvalue weighted by atomic mass is 16.1. The molecular weight excluding hydrogens is 274 g/mol. The van der Waals surface area contributed by atoms with Crippen molar-refractivity contribution in [1.29, 1.82) is 0 Å². The number of rotatable bonds is 7. The van der Waals surface area contributed by atoms with Crippen LogP contribution in [0.2, 0.25) is 0 Å². The highest BCUT2D eigenvalue weighted by molar-refractivity contribution is 5.82. The SMILES string of the molecule is CCCCCNC(=O)Cc1ccc2c(c1)nc(C)n2C(C)C. The Labute approximate surface area is 132 Å². The minimum atomic E-state index is 0.0930. The maximum atomic E-state index is 12.0. The van der Waals surface area contributed by atoms with Crippen LogP contribution in [-0.4, -0.2) is 22.0 Å². The zero-order valence-corrected chi connectivity index (χ0v) is 14.1. The third-order valence-electron chi connectivity index (χ3n) is 3.91. The number of aryl methyl sites for hydroxylation is 1. The molecular formula is C18H27N3O. The number of amides is 1. The quantitative estimate of drug-likeness (QED) is 0.791. The summed E-state index contributed by atoms with van der Waals surface area (Å²) < 4.78 is 2.23. The summed E-state index contributed by atoms with van der Waals surface area (Å²) in [6.07, 6.45) is 3.82. The van der Waals surface area contributed by atoms with Crippen LogP contribution >= 0.6 is 0 Å². The monoisotopic (exact) mass is 301 g/mol. The maximum Gasteiger partial charge on any atom is 0.224 e. The van der Waals surface area contributed by atoms with Gasteiger partial charge in [0.2, 0.25) is 5.91 Å². The van der Waals surface area contributed by atoms with Crippen molar-refractivity contribution in [3.05, 3.63) is 29.6 Å². The Bertz CT molecular complexity index is 643. The smallest absolute Gasteiger partial charge is 0.224 e. The first-order chi connectivity index (χ1) is 10.5. The highest BCUT2D eigenvalue weighted by Crippen LogP contribution is 2.21. The van der Waals surface area contributed by atoms with Gasteiger partial charge < -0.3 is 9.88 Å². The van der Waals surface area contributed by atoms with Crippen LogP contribution in [0.25, 0.3) is 11.0 Å². The molecule has 1 heterocycles. The first-order valence-corrected chi connectivity index (χ1v) is 8.27. The lowest BCUT2D eigenvalue weighted by Gasteiger charge is -2.10. The van der Waals surface area contributed by atoms with Gasteiger partial charge in [-0.1, -0.05) is 25.8 Å². The molecule has 0 aliphatic carbocycles. The normalized spacial score (nSPS) is 11.3. The Morgan fingerprint density at radius 2 is 2.09 bits per heavy atom. The molecule has 1 aromatic heterocycles. The third kappa shape index (κ3) is 3.87. The van der Waals surface area contributed by atoms with Crippen LogP contribution in [0.3, 0.4) is 0 Å². The van der Waals surface area contributed by atoms with Crippen molar-refractivity contribution >= 4 is 16.9 Å². The van der Waals surface area contributed by atoms with E-state index in [0.717, 1.165) is 41.8 Å². The van der Waals surface area contributed by atoms with Crippen LogP contribution in [0.15, 0.2) is 18.2 Å². The first-order valence-electron chi connectivity index (χ1n) is 8.27. The molecule has 0 unspecified atom stereocenters. The van der Waals surface area contributed by atoms with Crippen molar-refractivity contribution in [2.75, 3.05) is 6.54 Å².